The quantitative estimate of drug-likeness (QED) is 0.779. The third-order valence-corrected chi connectivity index (χ3v) is 4.37. The molecule has 0 unspecified atom stereocenters. The lowest BCUT2D eigenvalue weighted by Crippen LogP contribution is -2.22. The third-order valence-electron chi connectivity index (χ3n) is 4.37. The predicted octanol–water partition coefficient (Wildman–Crippen LogP) is 4.30. The minimum atomic E-state index is -0.199. The number of benzene rings is 2. The zero-order chi connectivity index (χ0) is 17.3. The first-order valence-electron chi connectivity index (χ1n) is 7.91. The Bertz CT molecular complexity index is 891. The minimum absolute atomic E-state index is 0.199. The number of carbonyl (C=O) groups excluding carboxylic acids is 1. The lowest BCUT2D eigenvalue weighted by atomic mass is 10.0. The maximum Gasteiger partial charge on any atom is 0.287 e. The number of nitrogens with one attached hydrogen (secondary N) is 1. The van der Waals surface area contributed by atoms with Crippen molar-refractivity contribution >= 4 is 16.9 Å². The van der Waals surface area contributed by atoms with Crippen LogP contribution in [-0.2, 0) is 6.54 Å². The maximum atomic E-state index is 12.5. The van der Waals surface area contributed by atoms with Crippen LogP contribution in [0, 0.1) is 20.8 Å². The summed E-state index contributed by atoms with van der Waals surface area (Å²) in [7, 11) is 1.63. The number of ether oxygens (including phenoxy) is 1. The van der Waals surface area contributed by atoms with Crippen molar-refractivity contribution in [3.05, 3.63) is 64.4 Å². The number of rotatable bonds is 4. The van der Waals surface area contributed by atoms with Crippen molar-refractivity contribution in [1.82, 2.24) is 5.32 Å². The van der Waals surface area contributed by atoms with Crippen LogP contribution in [0.25, 0.3) is 11.0 Å². The zero-order valence-electron chi connectivity index (χ0n) is 14.4. The molecule has 0 radical (unpaired) electrons. The van der Waals surface area contributed by atoms with E-state index in [0.29, 0.717) is 12.3 Å². The van der Waals surface area contributed by atoms with E-state index in [0.717, 1.165) is 33.4 Å². The summed E-state index contributed by atoms with van der Waals surface area (Å²) in [4.78, 5) is 12.5. The Balaban J connectivity index is 1.79. The number of aryl methyl sites for hydroxylation is 3. The van der Waals surface area contributed by atoms with E-state index < -0.39 is 0 Å². The van der Waals surface area contributed by atoms with E-state index in [9.17, 15) is 4.79 Å². The van der Waals surface area contributed by atoms with Crippen LogP contribution in [0.2, 0.25) is 0 Å². The van der Waals surface area contributed by atoms with Crippen molar-refractivity contribution in [2.75, 3.05) is 7.11 Å². The molecule has 24 heavy (non-hydrogen) atoms. The number of methoxy groups -OCH3 is 1. The van der Waals surface area contributed by atoms with Crippen LogP contribution in [0.4, 0.5) is 0 Å². The molecule has 0 fully saturated rings. The molecule has 1 heterocycles. The molecule has 0 bridgehead atoms. The van der Waals surface area contributed by atoms with Gasteiger partial charge in [-0.15, -0.1) is 0 Å². The molecule has 0 aliphatic carbocycles. The largest absolute Gasteiger partial charge is 0.497 e. The van der Waals surface area contributed by atoms with Crippen molar-refractivity contribution in [2.45, 2.75) is 27.3 Å². The van der Waals surface area contributed by atoms with Crippen LogP contribution < -0.4 is 10.1 Å². The molecule has 124 valence electrons. The molecule has 2 aromatic carbocycles. The number of hydrogen-bond donors (Lipinski definition) is 1. The van der Waals surface area contributed by atoms with Crippen LogP contribution in [0.1, 0.15) is 32.8 Å². The minimum Gasteiger partial charge on any atom is -0.497 e. The molecular formula is C20H21NO3. The molecule has 0 saturated carbocycles. The van der Waals surface area contributed by atoms with Crippen LogP contribution in [0.15, 0.2) is 40.8 Å². The van der Waals surface area contributed by atoms with Gasteiger partial charge in [0.05, 0.1) is 7.11 Å². The fraction of sp³-hybridized carbons (Fsp3) is 0.250. The van der Waals surface area contributed by atoms with E-state index in [1.165, 1.54) is 5.56 Å². The Morgan fingerprint density at radius 2 is 1.75 bits per heavy atom. The number of amides is 1. The summed E-state index contributed by atoms with van der Waals surface area (Å²) in [6, 6.07) is 11.7. The number of fused-ring (bicyclic) bond motifs is 1. The molecule has 4 nitrogen and oxygen atoms in total. The predicted molar refractivity (Wildman–Crippen MR) is 94.6 cm³/mol. The average molecular weight is 323 g/mol. The second-order valence-electron chi connectivity index (χ2n) is 6.02. The summed E-state index contributed by atoms with van der Waals surface area (Å²) >= 11 is 0. The first-order valence-corrected chi connectivity index (χ1v) is 7.91. The fourth-order valence-corrected chi connectivity index (χ4v) is 2.70. The molecule has 0 aliphatic rings. The molecule has 3 rings (SSSR count). The molecular weight excluding hydrogens is 302 g/mol. The van der Waals surface area contributed by atoms with Crippen molar-refractivity contribution in [2.24, 2.45) is 0 Å². The van der Waals surface area contributed by atoms with Gasteiger partial charge in [-0.1, -0.05) is 12.1 Å². The molecule has 1 N–H and O–H groups in total. The van der Waals surface area contributed by atoms with Crippen molar-refractivity contribution in [3.63, 3.8) is 0 Å². The van der Waals surface area contributed by atoms with E-state index in [2.05, 4.69) is 18.3 Å². The summed E-state index contributed by atoms with van der Waals surface area (Å²) in [5.74, 6) is 0.974. The van der Waals surface area contributed by atoms with Crippen molar-refractivity contribution < 1.29 is 13.9 Å². The highest BCUT2D eigenvalue weighted by Gasteiger charge is 2.18. The standard InChI is InChI=1S/C20H21NO3/c1-12-9-17-14(3)19(24-18(17)10-13(12)2)20(22)21-11-15-5-7-16(23-4)8-6-15/h5-10H,11H2,1-4H3,(H,21,22). The van der Waals surface area contributed by atoms with Gasteiger partial charge in [0.15, 0.2) is 5.76 Å². The molecule has 0 saturated heterocycles. The summed E-state index contributed by atoms with van der Waals surface area (Å²) < 4.78 is 10.9. The van der Waals surface area contributed by atoms with Crippen LogP contribution in [0.3, 0.4) is 0 Å². The molecule has 4 heteroatoms. The van der Waals surface area contributed by atoms with Crippen molar-refractivity contribution in [3.8, 4) is 5.75 Å². The van der Waals surface area contributed by atoms with Gasteiger partial charge in [-0.25, -0.2) is 0 Å². The Morgan fingerprint density at radius 1 is 1.08 bits per heavy atom. The molecule has 1 amide bonds. The van der Waals surface area contributed by atoms with E-state index in [4.69, 9.17) is 9.15 Å². The maximum absolute atomic E-state index is 12.5. The second-order valence-corrected chi connectivity index (χ2v) is 6.02. The SMILES string of the molecule is COc1ccc(CNC(=O)c2oc3cc(C)c(C)cc3c2C)cc1. The molecule has 3 aromatic rings. The van der Waals surface area contributed by atoms with E-state index >= 15 is 0 Å². The van der Waals surface area contributed by atoms with Crippen LogP contribution >= 0.6 is 0 Å². The van der Waals surface area contributed by atoms with Gasteiger partial charge in [-0.2, -0.15) is 0 Å². The van der Waals surface area contributed by atoms with E-state index in [1.54, 1.807) is 7.11 Å². The van der Waals surface area contributed by atoms with Gasteiger partial charge in [0, 0.05) is 17.5 Å². The number of carbonyl (C=O) groups is 1. The lowest BCUT2D eigenvalue weighted by molar-refractivity contribution is 0.0924. The highest BCUT2D eigenvalue weighted by atomic mass is 16.5. The number of furan rings is 1. The zero-order valence-corrected chi connectivity index (χ0v) is 14.4. The van der Waals surface area contributed by atoms with Gasteiger partial charge < -0.3 is 14.5 Å². The monoisotopic (exact) mass is 323 g/mol. The normalized spacial score (nSPS) is 10.8. The Morgan fingerprint density at radius 3 is 2.42 bits per heavy atom. The topological polar surface area (TPSA) is 51.5 Å². The Labute approximate surface area is 141 Å². The average Bonchev–Trinajstić information content (AvgIpc) is 2.90. The van der Waals surface area contributed by atoms with Gasteiger partial charge in [0.1, 0.15) is 11.3 Å². The summed E-state index contributed by atoms with van der Waals surface area (Å²) in [5.41, 5.74) is 4.98. The first-order chi connectivity index (χ1) is 11.5. The number of hydrogen-bond acceptors (Lipinski definition) is 3. The molecule has 0 atom stereocenters. The smallest absolute Gasteiger partial charge is 0.287 e. The third kappa shape index (κ3) is 3.00. The Hall–Kier alpha value is -2.75. The van der Waals surface area contributed by atoms with Gasteiger partial charge >= 0.3 is 0 Å². The van der Waals surface area contributed by atoms with Gasteiger partial charge in [0.25, 0.3) is 5.91 Å². The van der Waals surface area contributed by atoms with Gasteiger partial charge in [-0.05, 0) is 61.7 Å². The lowest BCUT2D eigenvalue weighted by Gasteiger charge is -2.05. The fourth-order valence-electron chi connectivity index (χ4n) is 2.70. The van der Waals surface area contributed by atoms with Crippen LogP contribution in [0.5, 0.6) is 5.75 Å². The highest BCUT2D eigenvalue weighted by molar-refractivity contribution is 5.99. The van der Waals surface area contributed by atoms with Crippen LogP contribution in [-0.4, -0.2) is 13.0 Å². The van der Waals surface area contributed by atoms with Crippen molar-refractivity contribution in [1.29, 1.82) is 0 Å². The van der Waals surface area contributed by atoms with Gasteiger partial charge in [0.2, 0.25) is 0 Å². The summed E-state index contributed by atoms with van der Waals surface area (Å²) in [6.45, 7) is 6.46. The first kappa shape index (κ1) is 16.1. The summed E-state index contributed by atoms with van der Waals surface area (Å²) in [6.07, 6.45) is 0. The van der Waals surface area contributed by atoms with E-state index in [-0.39, 0.29) is 5.91 Å². The Kier molecular flexibility index (Phi) is 4.30. The highest BCUT2D eigenvalue weighted by Crippen LogP contribution is 2.28. The molecule has 0 aliphatic heterocycles. The second kappa shape index (κ2) is 6.40. The molecule has 1 aromatic heterocycles. The van der Waals surface area contributed by atoms with Gasteiger partial charge in [-0.3, -0.25) is 4.79 Å². The van der Waals surface area contributed by atoms with E-state index in [1.807, 2.05) is 44.2 Å². The molecule has 0 spiro atoms. The summed E-state index contributed by atoms with van der Waals surface area (Å²) in [5, 5.41) is 3.90.